The van der Waals surface area contributed by atoms with Crippen molar-refractivity contribution in [3.8, 4) is 0 Å². The number of primary amides is 1. The van der Waals surface area contributed by atoms with Crippen LogP contribution in [0.3, 0.4) is 0 Å². The first-order valence-electron chi connectivity index (χ1n) is 12.0. The minimum atomic E-state index is -1.36. The molecule has 0 spiro atoms. The van der Waals surface area contributed by atoms with Gasteiger partial charge in [-0.05, 0) is 24.7 Å². The van der Waals surface area contributed by atoms with Gasteiger partial charge in [0.25, 0.3) is 0 Å². The summed E-state index contributed by atoms with van der Waals surface area (Å²) in [6.07, 6.45) is 0.911. The molecule has 0 radical (unpaired) electrons. The second-order valence-electron chi connectivity index (χ2n) is 8.86. The third kappa shape index (κ3) is 11.8. The Morgan fingerprint density at radius 3 is 1.86 bits per heavy atom. The SMILES string of the molecule is CCC(C)C(N)C(=O)NC(CC(N)=O)C(=O)NC(C(=O)NC(CCCN=C(N)N)C(=O)O)C(C)CC. The fraction of sp³-hybridized carbons (Fsp3) is 0.727. The second kappa shape index (κ2) is 16.3. The van der Waals surface area contributed by atoms with Crippen LogP contribution >= 0.6 is 0 Å². The molecule has 6 atom stereocenters. The molecule has 0 saturated carbocycles. The summed E-state index contributed by atoms with van der Waals surface area (Å²) in [7, 11) is 0. The Morgan fingerprint density at radius 1 is 0.833 bits per heavy atom. The minimum absolute atomic E-state index is 0.0485. The summed E-state index contributed by atoms with van der Waals surface area (Å²) in [5.74, 6) is -5.01. The van der Waals surface area contributed by atoms with Crippen LogP contribution in [0.4, 0.5) is 0 Å². The van der Waals surface area contributed by atoms with Crippen molar-refractivity contribution in [2.45, 2.75) is 84.0 Å². The molecular formula is C22H42N8O6. The summed E-state index contributed by atoms with van der Waals surface area (Å²) < 4.78 is 0. The van der Waals surface area contributed by atoms with Gasteiger partial charge in [-0.25, -0.2) is 4.79 Å². The number of carbonyl (C=O) groups is 5. The highest BCUT2D eigenvalue weighted by molar-refractivity contribution is 5.96. The fourth-order valence-electron chi connectivity index (χ4n) is 3.17. The quantitative estimate of drug-likeness (QED) is 0.0598. The molecule has 0 rings (SSSR count). The van der Waals surface area contributed by atoms with Gasteiger partial charge in [-0.2, -0.15) is 0 Å². The molecule has 0 aromatic carbocycles. The lowest BCUT2D eigenvalue weighted by atomic mass is 9.96. The van der Waals surface area contributed by atoms with Gasteiger partial charge in [0.2, 0.25) is 23.6 Å². The van der Waals surface area contributed by atoms with Crippen LogP contribution in [0, 0.1) is 11.8 Å². The lowest BCUT2D eigenvalue weighted by molar-refractivity contribution is -0.143. The van der Waals surface area contributed by atoms with E-state index in [2.05, 4.69) is 20.9 Å². The maximum Gasteiger partial charge on any atom is 0.326 e. The van der Waals surface area contributed by atoms with Gasteiger partial charge in [-0.1, -0.05) is 40.5 Å². The normalized spacial score (nSPS) is 15.8. The minimum Gasteiger partial charge on any atom is -0.480 e. The van der Waals surface area contributed by atoms with Crippen LogP contribution in [-0.4, -0.2) is 71.4 Å². The van der Waals surface area contributed by atoms with E-state index in [0.717, 1.165) is 0 Å². The van der Waals surface area contributed by atoms with E-state index in [4.69, 9.17) is 22.9 Å². The highest BCUT2D eigenvalue weighted by Crippen LogP contribution is 2.11. The van der Waals surface area contributed by atoms with Gasteiger partial charge in [0.1, 0.15) is 18.1 Å². The lowest BCUT2D eigenvalue weighted by Crippen LogP contribution is -2.59. The average molecular weight is 515 g/mol. The van der Waals surface area contributed by atoms with Gasteiger partial charge in [-0.15, -0.1) is 0 Å². The van der Waals surface area contributed by atoms with Crippen LogP contribution in [0.15, 0.2) is 4.99 Å². The van der Waals surface area contributed by atoms with Crippen molar-refractivity contribution in [3.05, 3.63) is 0 Å². The number of amides is 4. The zero-order valence-corrected chi connectivity index (χ0v) is 21.5. The van der Waals surface area contributed by atoms with E-state index in [1.165, 1.54) is 0 Å². The van der Waals surface area contributed by atoms with Gasteiger partial charge < -0.3 is 44.0 Å². The van der Waals surface area contributed by atoms with Crippen LogP contribution in [0.1, 0.15) is 59.8 Å². The highest BCUT2D eigenvalue weighted by atomic mass is 16.4. The lowest BCUT2D eigenvalue weighted by Gasteiger charge is -2.28. The monoisotopic (exact) mass is 514 g/mol. The maximum absolute atomic E-state index is 13.0. The largest absolute Gasteiger partial charge is 0.480 e. The topological polar surface area (TPSA) is 258 Å². The molecule has 14 heteroatoms. The third-order valence-electron chi connectivity index (χ3n) is 5.95. The van der Waals surface area contributed by atoms with Gasteiger partial charge in [0.05, 0.1) is 12.5 Å². The number of guanidine groups is 1. The Balaban J connectivity index is 5.56. The van der Waals surface area contributed by atoms with Crippen molar-refractivity contribution >= 4 is 35.6 Å². The van der Waals surface area contributed by atoms with Crippen molar-refractivity contribution in [2.24, 2.45) is 39.8 Å². The molecule has 12 N–H and O–H groups in total. The van der Waals surface area contributed by atoms with Crippen molar-refractivity contribution < 1.29 is 29.1 Å². The Morgan fingerprint density at radius 2 is 1.39 bits per heavy atom. The number of aliphatic carboxylic acids is 1. The molecule has 36 heavy (non-hydrogen) atoms. The number of carbonyl (C=O) groups excluding carboxylic acids is 4. The first kappa shape index (κ1) is 32.6. The smallest absolute Gasteiger partial charge is 0.326 e. The van der Waals surface area contributed by atoms with Crippen LogP contribution in [-0.2, 0) is 24.0 Å². The third-order valence-corrected chi connectivity index (χ3v) is 5.95. The standard InChI is InChI=1S/C22H42N8O6/c1-5-11(3)16(24)19(33)29-14(10-15(23)31)18(32)30-17(12(4)6-2)20(34)28-13(21(35)36)8-7-9-27-22(25)26/h11-14,16-17H,5-10,24H2,1-4H3,(H2,23,31)(H,28,34)(H,29,33)(H,30,32)(H,35,36)(H4,25,26,27). The van der Waals surface area contributed by atoms with Crippen LogP contribution in [0.25, 0.3) is 0 Å². The molecule has 0 aliphatic heterocycles. The van der Waals surface area contributed by atoms with Gasteiger partial charge in [0.15, 0.2) is 5.96 Å². The van der Waals surface area contributed by atoms with Crippen LogP contribution < -0.4 is 38.9 Å². The van der Waals surface area contributed by atoms with Crippen molar-refractivity contribution in [2.75, 3.05) is 6.54 Å². The van der Waals surface area contributed by atoms with Crippen molar-refractivity contribution in [1.29, 1.82) is 0 Å². The van der Waals surface area contributed by atoms with E-state index in [-0.39, 0.29) is 24.8 Å². The van der Waals surface area contributed by atoms with Crippen molar-refractivity contribution in [3.63, 3.8) is 0 Å². The Kier molecular flexibility index (Phi) is 14.7. The molecule has 206 valence electrons. The second-order valence-corrected chi connectivity index (χ2v) is 8.86. The molecule has 6 unspecified atom stereocenters. The Bertz CT molecular complexity index is 801. The van der Waals surface area contributed by atoms with Gasteiger partial charge in [0, 0.05) is 6.54 Å². The number of carboxylic acids is 1. The maximum atomic E-state index is 13.0. The molecule has 0 aromatic heterocycles. The van der Waals surface area contributed by atoms with E-state index in [1.54, 1.807) is 20.8 Å². The number of aliphatic imine (C=N–C) groups is 1. The molecule has 4 amide bonds. The first-order chi connectivity index (χ1) is 16.7. The number of rotatable bonds is 17. The summed E-state index contributed by atoms with van der Waals surface area (Å²) in [5.41, 5.74) is 21.7. The molecule has 0 aliphatic rings. The molecule has 0 saturated heterocycles. The van der Waals surface area contributed by atoms with E-state index in [0.29, 0.717) is 19.3 Å². The molecule has 0 heterocycles. The molecular weight excluding hydrogens is 472 g/mol. The van der Waals surface area contributed by atoms with Crippen molar-refractivity contribution in [1.82, 2.24) is 16.0 Å². The zero-order valence-electron chi connectivity index (χ0n) is 21.5. The fourth-order valence-corrected chi connectivity index (χ4v) is 3.17. The predicted octanol–water partition coefficient (Wildman–Crippen LogP) is -2.13. The summed E-state index contributed by atoms with van der Waals surface area (Å²) in [4.78, 5) is 65.4. The molecule has 0 aliphatic carbocycles. The number of carboxylic acid groups (broad SMARTS) is 1. The number of hydrogen-bond acceptors (Lipinski definition) is 7. The Labute approximate surface area is 211 Å². The van der Waals surface area contributed by atoms with E-state index < -0.39 is 66.1 Å². The van der Waals surface area contributed by atoms with Gasteiger partial charge in [-0.3, -0.25) is 24.2 Å². The zero-order chi connectivity index (χ0) is 28.0. The summed E-state index contributed by atoms with van der Waals surface area (Å²) in [5, 5.41) is 16.9. The molecule has 0 aromatic rings. The number of hydrogen-bond donors (Lipinski definition) is 8. The van der Waals surface area contributed by atoms with E-state index in [1.807, 2.05) is 6.92 Å². The van der Waals surface area contributed by atoms with Gasteiger partial charge >= 0.3 is 5.97 Å². The average Bonchev–Trinajstić information content (AvgIpc) is 2.81. The van der Waals surface area contributed by atoms with Crippen LogP contribution in [0.5, 0.6) is 0 Å². The number of nitrogens with one attached hydrogen (secondary N) is 3. The first-order valence-corrected chi connectivity index (χ1v) is 12.0. The van der Waals surface area contributed by atoms with Crippen LogP contribution in [0.2, 0.25) is 0 Å². The predicted molar refractivity (Wildman–Crippen MR) is 134 cm³/mol. The number of nitrogens with zero attached hydrogens (tertiary/aromatic N) is 1. The molecule has 14 nitrogen and oxygen atoms in total. The summed E-state index contributed by atoms with van der Waals surface area (Å²) >= 11 is 0. The molecule has 0 fully saturated rings. The summed E-state index contributed by atoms with van der Waals surface area (Å²) in [6, 6.07) is -4.66. The molecule has 0 bridgehead atoms. The van der Waals surface area contributed by atoms with E-state index >= 15 is 0 Å². The summed E-state index contributed by atoms with van der Waals surface area (Å²) in [6.45, 7) is 7.29. The Hall–Kier alpha value is -3.42. The number of nitrogens with two attached hydrogens (primary N) is 4. The van der Waals surface area contributed by atoms with E-state index in [9.17, 15) is 29.1 Å². The highest BCUT2D eigenvalue weighted by Gasteiger charge is 2.33.